The highest BCUT2D eigenvalue weighted by molar-refractivity contribution is 5.95. The van der Waals surface area contributed by atoms with Gasteiger partial charge < -0.3 is 14.9 Å². The smallest absolute Gasteiger partial charge is 0.190 e. The fraction of sp³-hybridized carbons (Fsp3) is 0.773. The van der Waals surface area contributed by atoms with Crippen LogP contribution in [0.3, 0.4) is 0 Å². The van der Waals surface area contributed by atoms with E-state index in [1.54, 1.807) is 13.2 Å². The minimum Gasteiger partial charge on any atom is -0.388 e. The number of carbonyl (C=O) groups is 3. The molecule has 6 nitrogen and oxygen atoms in total. The maximum absolute atomic E-state index is 13.5. The molecule has 3 saturated carbocycles. The van der Waals surface area contributed by atoms with Gasteiger partial charge in [0, 0.05) is 36.7 Å². The molecular formula is C22H30O6. The molecule has 0 bridgehead atoms. The molecule has 0 heterocycles. The standard InChI is InChI=1S/C22H30O6/c1-20-10-16(25)19-14(15(20)6-7-22(20,27)17(26)11-23)5-4-12-8-13(24)9-18(28-3)21(12,19)2/h8,14-15,18-19,23,27H,4-7,9-11H2,1-3H3/t14-,15?,18?,19?,20-,21+,22?/m0/s1. The minimum atomic E-state index is -1.65. The van der Waals surface area contributed by atoms with Crippen LogP contribution in [0, 0.1) is 28.6 Å². The molecule has 0 aromatic heterocycles. The van der Waals surface area contributed by atoms with Gasteiger partial charge in [-0.3, -0.25) is 14.4 Å². The van der Waals surface area contributed by atoms with E-state index in [0.29, 0.717) is 6.42 Å². The highest BCUT2D eigenvalue weighted by atomic mass is 16.5. The fourth-order valence-corrected chi connectivity index (χ4v) is 7.32. The van der Waals surface area contributed by atoms with E-state index in [4.69, 9.17) is 4.74 Å². The lowest BCUT2D eigenvalue weighted by Crippen LogP contribution is -2.62. The summed E-state index contributed by atoms with van der Waals surface area (Å²) in [6.45, 7) is 3.19. The fourth-order valence-electron chi connectivity index (χ4n) is 7.32. The number of methoxy groups -OCH3 is 1. The number of aliphatic hydroxyl groups excluding tert-OH is 1. The van der Waals surface area contributed by atoms with Crippen molar-refractivity contribution in [2.24, 2.45) is 28.6 Å². The van der Waals surface area contributed by atoms with Gasteiger partial charge in [0.25, 0.3) is 0 Å². The van der Waals surface area contributed by atoms with Crippen molar-refractivity contribution in [2.45, 2.75) is 64.1 Å². The van der Waals surface area contributed by atoms with Crippen LogP contribution in [0.1, 0.15) is 52.4 Å². The summed E-state index contributed by atoms with van der Waals surface area (Å²) >= 11 is 0. The van der Waals surface area contributed by atoms with Gasteiger partial charge in [-0.25, -0.2) is 0 Å². The first-order valence-corrected chi connectivity index (χ1v) is 10.3. The number of Topliss-reactive ketones (excluding diaryl/α,β-unsaturated/α-hetero) is 2. The van der Waals surface area contributed by atoms with Crippen molar-refractivity contribution in [1.82, 2.24) is 0 Å². The minimum absolute atomic E-state index is 0.0317. The van der Waals surface area contributed by atoms with Crippen molar-refractivity contribution in [3.8, 4) is 0 Å². The lowest BCUT2D eigenvalue weighted by Gasteiger charge is -2.59. The molecule has 4 aliphatic carbocycles. The first-order chi connectivity index (χ1) is 13.1. The van der Waals surface area contributed by atoms with Gasteiger partial charge in [-0.1, -0.05) is 19.4 Å². The Morgan fingerprint density at radius 1 is 1.29 bits per heavy atom. The van der Waals surface area contributed by atoms with Crippen LogP contribution < -0.4 is 0 Å². The molecule has 0 saturated heterocycles. The number of carbonyl (C=O) groups excluding carboxylic acids is 3. The zero-order chi connectivity index (χ0) is 20.5. The van der Waals surface area contributed by atoms with Crippen LogP contribution in [0.4, 0.5) is 0 Å². The van der Waals surface area contributed by atoms with E-state index in [1.807, 2.05) is 6.92 Å². The van der Waals surface area contributed by atoms with E-state index in [-0.39, 0.29) is 54.7 Å². The number of rotatable bonds is 3. The predicted molar refractivity (Wildman–Crippen MR) is 100 cm³/mol. The Balaban J connectivity index is 1.78. The molecule has 4 aliphatic rings. The van der Waals surface area contributed by atoms with E-state index in [0.717, 1.165) is 18.4 Å². The highest BCUT2D eigenvalue weighted by Gasteiger charge is 2.69. The Bertz CT molecular complexity index is 771. The van der Waals surface area contributed by atoms with Crippen molar-refractivity contribution >= 4 is 17.3 Å². The first-order valence-electron chi connectivity index (χ1n) is 10.3. The molecule has 0 amide bonds. The lowest BCUT2D eigenvalue weighted by molar-refractivity contribution is -0.175. The summed E-state index contributed by atoms with van der Waals surface area (Å²) in [6.07, 6.45) is 4.24. The van der Waals surface area contributed by atoms with Crippen molar-refractivity contribution in [3.63, 3.8) is 0 Å². The Labute approximate surface area is 165 Å². The molecular weight excluding hydrogens is 360 g/mol. The number of aliphatic hydroxyl groups is 2. The quantitative estimate of drug-likeness (QED) is 0.759. The molecule has 0 aromatic rings. The molecule has 4 rings (SSSR count). The molecule has 2 N–H and O–H groups in total. The Morgan fingerprint density at radius 3 is 2.64 bits per heavy atom. The topological polar surface area (TPSA) is 101 Å². The third-order valence-corrected chi connectivity index (χ3v) is 8.78. The molecule has 4 unspecified atom stereocenters. The number of fused-ring (bicyclic) bond motifs is 5. The van der Waals surface area contributed by atoms with E-state index in [9.17, 15) is 24.6 Å². The molecule has 0 radical (unpaired) electrons. The Morgan fingerprint density at radius 2 is 2.00 bits per heavy atom. The first kappa shape index (κ1) is 19.9. The largest absolute Gasteiger partial charge is 0.388 e. The van der Waals surface area contributed by atoms with Gasteiger partial charge in [-0.05, 0) is 43.6 Å². The number of ether oxygens (including phenoxy) is 1. The molecule has 7 atom stereocenters. The van der Waals surface area contributed by atoms with Crippen LogP contribution in [0.15, 0.2) is 11.6 Å². The second-order valence-electron chi connectivity index (χ2n) is 9.67. The molecule has 0 aliphatic heterocycles. The van der Waals surface area contributed by atoms with E-state index >= 15 is 0 Å². The van der Waals surface area contributed by atoms with Crippen molar-refractivity contribution in [2.75, 3.05) is 13.7 Å². The second kappa shape index (κ2) is 6.31. The van der Waals surface area contributed by atoms with Crippen molar-refractivity contribution in [1.29, 1.82) is 0 Å². The van der Waals surface area contributed by atoms with Gasteiger partial charge in [0.1, 0.15) is 18.0 Å². The van der Waals surface area contributed by atoms with Gasteiger partial charge in [0.05, 0.1) is 6.10 Å². The van der Waals surface area contributed by atoms with Crippen LogP contribution >= 0.6 is 0 Å². The van der Waals surface area contributed by atoms with Gasteiger partial charge in [-0.15, -0.1) is 0 Å². The van der Waals surface area contributed by atoms with Crippen LogP contribution in [0.25, 0.3) is 0 Å². The molecule has 6 heteroatoms. The Hall–Kier alpha value is -1.37. The molecule has 0 spiro atoms. The molecule has 3 fully saturated rings. The molecule has 28 heavy (non-hydrogen) atoms. The summed E-state index contributed by atoms with van der Waals surface area (Å²) in [4.78, 5) is 38.1. The highest BCUT2D eigenvalue weighted by Crippen LogP contribution is 2.66. The monoisotopic (exact) mass is 390 g/mol. The van der Waals surface area contributed by atoms with Crippen molar-refractivity contribution in [3.05, 3.63) is 11.6 Å². The number of hydrogen-bond acceptors (Lipinski definition) is 6. The van der Waals surface area contributed by atoms with E-state index < -0.39 is 28.8 Å². The zero-order valence-electron chi connectivity index (χ0n) is 16.9. The van der Waals surface area contributed by atoms with Gasteiger partial charge >= 0.3 is 0 Å². The lowest BCUT2D eigenvalue weighted by atomic mass is 9.45. The third kappa shape index (κ3) is 2.28. The van der Waals surface area contributed by atoms with Crippen molar-refractivity contribution < 1.29 is 29.3 Å². The summed E-state index contributed by atoms with van der Waals surface area (Å²) < 4.78 is 5.71. The Kier molecular flexibility index (Phi) is 4.49. The van der Waals surface area contributed by atoms with Gasteiger partial charge in [0.2, 0.25) is 0 Å². The predicted octanol–water partition coefficient (Wildman–Crippen LogP) is 1.61. The zero-order valence-corrected chi connectivity index (χ0v) is 16.9. The molecule has 154 valence electrons. The summed E-state index contributed by atoms with van der Waals surface area (Å²) in [7, 11) is 1.60. The normalized spacial score (nSPS) is 47.8. The maximum atomic E-state index is 13.5. The van der Waals surface area contributed by atoms with Crippen LogP contribution in [-0.2, 0) is 19.1 Å². The van der Waals surface area contributed by atoms with Crippen LogP contribution in [0.2, 0.25) is 0 Å². The van der Waals surface area contributed by atoms with E-state index in [2.05, 4.69) is 6.92 Å². The second-order valence-corrected chi connectivity index (χ2v) is 9.67. The maximum Gasteiger partial charge on any atom is 0.190 e. The number of hydrogen-bond donors (Lipinski definition) is 2. The summed E-state index contributed by atoms with van der Waals surface area (Å²) in [5.41, 5.74) is -2.01. The average Bonchev–Trinajstić information content (AvgIpc) is 2.92. The summed E-state index contributed by atoms with van der Waals surface area (Å²) in [6, 6.07) is 0. The van der Waals surface area contributed by atoms with Gasteiger partial charge in [0.15, 0.2) is 11.6 Å². The van der Waals surface area contributed by atoms with Gasteiger partial charge in [-0.2, -0.15) is 0 Å². The third-order valence-electron chi connectivity index (χ3n) is 8.78. The van der Waals surface area contributed by atoms with Crippen LogP contribution in [0.5, 0.6) is 0 Å². The summed E-state index contributed by atoms with van der Waals surface area (Å²) in [5.74, 6) is -0.683. The molecule has 0 aromatic carbocycles. The summed E-state index contributed by atoms with van der Waals surface area (Å²) in [5, 5.41) is 20.6. The SMILES string of the molecule is COC1CC(=O)C=C2CC[C@@H]3C(C(=O)C[C@@]4(C)C3CCC4(O)C(=O)CO)[C@]21C. The van der Waals surface area contributed by atoms with Crippen LogP contribution in [-0.4, -0.2) is 53.0 Å². The van der Waals surface area contributed by atoms with E-state index in [1.165, 1.54) is 0 Å². The number of ketones is 3. The average molecular weight is 390 g/mol.